The van der Waals surface area contributed by atoms with Crippen molar-refractivity contribution in [3.63, 3.8) is 0 Å². The monoisotopic (exact) mass is 352 g/mol. The van der Waals surface area contributed by atoms with E-state index < -0.39 is 0 Å². The molecule has 0 aliphatic carbocycles. The fourth-order valence-corrected chi connectivity index (χ4v) is 2.56. The van der Waals surface area contributed by atoms with Crippen LogP contribution in [0.5, 0.6) is 0 Å². The lowest BCUT2D eigenvalue weighted by atomic mass is 10.0. The van der Waals surface area contributed by atoms with Gasteiger partial charge in [0.05, 0.1) is 0 Å². The number of benzene rings is 2. The van der Waals surface area contributed by atoms with Gasteiger partial charge in [-0.15, -0.1) is 0 Å². The van der Waals surface area contributed by atoms with E-state index in [1.54, 1.807) is 24.3 Å². The largest absolute Gasteiger partial charge is 0.325 e. The lowest BCUT2D eigenvalue weighted by Gasteiger charge is -2.21. The fourth-order valence-electron chi connectivity index (χ4n) is 2.56. The minimum atomic E-state index is -0.302. The number of ketones is 1. The van der Waals surface area contributed by atoms with Crippen LogP contribution in [0.25, 0.3) is 0 Å². The molecule has 5 heteroatoms. The van der Waals surface area contributed by atoms with Gasteiger partial charge in [-0.2, -0.15) is 0 Å². The Balaban J connectivity index is 2.08. The summed E-state index contributed by atoms with van der Waals surface area (Å²) in [4.78, 5) is 37.0. The van der Waals surface area contributed by atoms with E-state index in [-0.39, 0.29) is 24.1 Å². The summed E-state index contributed by atoms with van der Waals surface area (Å²) in [5.74, 6) is -0.139. The van der Waals surface area contributed by atoms with Gasteiger partial charge in [0.1, 0.15) is 6.54 Å². The highest BCUT2D eigenvalue weighted by Crippen LogP contribution is 2.20. The summed E-state index contributed by atoms with van der Waals surface area (Å²) in [6.07, 6.45) is 0. The van der Waals surface area contributed by atoms with Crippen molar-refractivity contribution in [2.75, 3.05) is 16.8 Å². The Morgan fingerprint density at radius 1 is 0.923 bits per heavy atom. The number of carbonyl (C=O) groups is 3. The topological polar surface area (TPSA) is 66.5 Å². The number of amides is 2. The standard InChI is InChI=1S/C21H24N2O3/c1-14(2)17-7-11-20(12-8-17)23(16(4)25)13-21(26)22-19-9-5-18(6-10-19)15(3)24/h5-12,14H,13H2,1-4H3,(H,22,26). The van der Waals surface area contributed by atoms with Gasteiger partial charge < -0.3 is 10.2 Å². The molecule has 136 valence electrons. The smallest absolute Gasteiger partial charge is 0.244 e. The van der Waals surface area contributed by atoms with Crippen molar-refractivity contribution < 1.29 is 14.4 Å². The zero-order chi connectivity index (χ0) is 19.3. The average Bonchev–Trinajstić information content (AvgIpc) is 2.60. The van der Waals surface area contributed by atoms with E-state index >= 15 is 0 Å². The van der Waals surface area contributed by atoms with Crippen LogP contribution in [0.4, 0.5) is 11.4 Å². The van der Waals surface area contributed by atoms with Crippen molar-refractivity contribution in [1.82, 2.24) is 0 Å². The molecule has 2 aromatic carbocycles. The maximum absolute atomic E-state index is 12.3. The molecule has 0 unspecified atom stereocenters. The van der Waals surface area contributed by atoms with E-state index in [0.29, 0.717) is 22.9 Å². The molecule has 0 aromatic heterocycles. The van der Waals surface area contributed by atoms with Crippen LogP contribution in [0.3, 0.4) is 0 Å². The van der Waals surface area contributed by atoms with Gasteiger partial charge in [-0.05, 0) is 54.8 Å². The molecular weight excluding hydrogens is 328 g/mol. The molecule has 2 amide bonds. The molecule has 0 fully saturated rings. The van der Waals surface area contributed by atoms with Gasteiger partial charge in [0.15, 0.2) is 5.78 Å². The second kappa shape index (κ2) is 8.43. The Hall–Kier alpha value is -2.95. The summed E-state index contributed by atoms with van der Waals surface area (Å²) < 4.78 is 0. The maximum atomic E-state index is 12.3. The average molecular weight is 352 g/mol. The molecule has 0 atom stereocenters. The molecule has 2 rings (SSSR count). The number of hydrogen-bond acceptors (Lipinski definition) is 3. The van der Waals surface area contributed by atoms with Crippen molar-refractivity contribution in [3.8, 4) is 0 Å². The Labute approximate surface area is 154 Å². The van der Waals surface area contributed by atoms with Crippen LogP contribution in [0.2, 0.25) is 0 Å². The van der Waals surface area contributed by atoms with Crippen molar-refractivity contribution in [2.24, 2.45) is 0 Å². The van der Waals surface area contributed by atoms with Gasteiger partial charge >= 0.3 is 0 Å². The molecule has 0 saturated carbocycles. The minimum Gasteiger partial charge on any atom is -0.325 e. The van der Waals surface area contributed by atoms with Gasteiger partial charge in [0.2, 0.25) is 11.8 Å². The van der Waals surface area contributed by atoms with Gasteiger partial charge in [-0.3, -0.25) is 14.4 Å². The Morgan fingerprint density at radius 3 is 1.96 bits per heavy atom. The van der Waals surface area contributed by atoms with E-state index in [4.69, 9.17) is 0 Å². The molecule has 0 saturated heterocycles. The zero-order valence-corrected chi connectivity index (χ0v) is 15.6. The predicted molar refractivity (Wildman–Crippen MR) is 104 cm³/mol. The molecule has 1 N–H and O–H groups in total. The lowest BCUT2D eigenvalue weighted by Crippen LogP contribution is -2.36. The molecule has 0 spiro atoms. The number of nitrogens with zero attached hydrogens (tertiary/aromatic N) is 1. The first-order valence-corrected chi connectivity index (χ1v) is 8.57. The summed E-state index contributed by atoms with van der Waals surface area (Å²) in [5.41, 5.74) is 3.02. The molecule has 5 nitrogen and oxygen atoms in total. The maximum Gasteiger partial charge on any atom is 0.244 e. The highest BCUT2D eigenvalue weighted by molar-refractivity contribution is 6.02. The van der Waals surface area contributed by atoms with Crippen molar-refractivity contribution in [1.29, 1.82) is 0 Å². The van der Waals surface area contributed by atoms with Gasteiger partial charge in [-0.1, -0.05) is 26.0 Å². The summed E-state index contributed by atoms with van der Waals surface area (Å²) in [7, 11) is 0. The quantitative estimate of drug-likeness (QED) is 0.799. The molecular formula is C21H24N2O3. The molecule has 2 aromatic rings. The molecule has 26 heavy (non-hydrogen) atoms. The molecule has 0 aliphatic rings. The molecule has 0 bridgehead atoms. The van der Waals surface area contributed by atoms with Crippen LogP contribution in [0.1, 0.15) is 49.5 Å². The van der Waals surface area contributed by atoms with E-state index in [2.05, 4.69) is 19.2 Å². The van der Waals surface area contributed by atoms with Crippen LogP contribution in [0, 0.1) is 0 Å². The van der Waals surface area contributed by atoms with Crippen LogP contribution in [-0.2, 0) is 9.59 Å². The van der Waals surface area contributed by atoms with Crippen LogP contribution in [-0.4, -0.2) is 24.1 Å². The van der Waals surface area contributed by atoms with Gasteiger partial charge in [-0.25, -0.2) is 0 Å². The Morgan fingerprint density at radius 2 is 1.50 bits per heavy atom. The first-order chi connectivity index (χ1) is 12.3. The third-order valence-electron chi connectivity index (χ3n) is 4.13. The van der Waals surface area contributed by atoms with E-state index in [0.717, 1.165) is 0 Å². The Kier molecular flexibility index (Phi) is 6.28. The number of rotatable bonds is 6. The second-order valence-electron chi connectivity index (χ2n) is 6.53. The number of carbonyl (C=O) groups excluding carboxylic acids is 3. The molecule has 0 heterocycles. The van der Waals surface area contributed by atoms with Crippen molar-refractivity contribution in [2.45, 2.75) is 33.6 Å². The summed E-state index contributed by atoms with van der Waals surface area (Å²) in [5, 5.41) is 2.75. The van der Waals surface area contributed by atoms with Crippen LogP contribution in [0.15, 0.2) is 48.5 Å². The number of anilines is 2. The van der Waals surface area contributed by atoms with Crippen LogP contribution < -0.4 is 10.2 Å². The summed E-state index contributed by atoms with van der Waals surface area (Å²) in [6.45, 7) is 7.05. The summed E-state index contributed by atoms with van der Waals surface area (Å²) in [6, 6.07) is 14.3. The zero-order valence-electron chi connectivity index (χ0n) is 15.6. The first-order valence-electron chi connectivity index (χ1n) is 8.57. The van der Waals surface area contributed by atoms with E-state index in [1.165, 1.54) is 24.3 Å². The highest BCUT2D eigenvalue weighted by Gasteiger charge is 2.16. The lowest BCUT2D eigenvalue weighted by molar-refractivity contribution is -0.120. The van der Waals surface area contributed by atoms with Gasteiger partial charge in [0.25, 0.3) is 0 Å². The van der Waals surface area contributed by atoms with Crippen LogP contribution >= 0.6 is 0 Å². The highest BCUT2D eigenvalue weighted by atomic mass is 16.2. The van der Waals surface area contributed by atoms with Crippen molar-refractivity contribution >= 4 is 29.0 Å². The number of Topliss-reactive ketones (excluding diaryl/α,β-unsaturated/α-hetero) is 1. The fraction of sp³-hybridized carbons (Fsp3) is 0.286. The molecule has 0 aliphatic heterocycles. The summed E-state index contributed by atoms with van der Waals surface area (Å²) >= 11 is 0. The number of hydrogen-bond donors (Lipinski definition) is 1. The van der Waals surface area contributed by atoms with E-state index in [9.17, 15) is 14.4 Å². The molecule has 0 radical (unpaired) electrons. The van der Waals surface area contributed by atoms with Gasteiger partial charge in [0, 0.05) is 23.9 Å². The SMILES string of the molecule is CC(=O)c1ccc(NC(=O)CN(C(C)=O)c2ccc(C(C)C)cc2)cc1. The predicted octanol–water partition coefficient (Wildman–Crippen LogP) is 4.00. The normalized spacial score (nSPS) is 10.5. The minimum absolute atomic E-state index is 0.0320. The van der Waals surface area contributed by atoms with E-state index in [1.807, 2.05) is 24.3 Å². The van der Waals surface area contributed by atoms with Crippen molar-refractivity contribution in [3.05, 3.63) is 59.7 Å². The second-order valence-corrected chi connectivity index (χ2v) is 6.53. The first kappa shape index (κ1) is 19.4. The Bertz CT molecular complexity index is 793. The third kappa shape index (κ3) is 5.02. The third-order valence-corrected chi connectivity index (χ3v) is 4.13. The number of nitrogens with one attached hydrogen (secondary N) is 1.